The van der Waals surface area contributed by atoms with Gasteiger partial charge in [-0.05, 0) is 61.8 Å². The van der Waals surface area contributed by atoms with E-state index < -0.39 is 0 Å². The quantitative estimate of drug-likeness (QED) is 0.592. The summed E-state index contributed by atoms with van der Waals surface area (Å²) in [5.74, 6) is 1.28. The fourth-order valence-corrected chi connectivity index (χ4v) is 6.60. The molecule has 3 amide bonds. The summed E-state index contributed by atoms with van der Waals surface area (Å²) in [5, 5.41) is 9.88. The SMILES string of the molecule is O=C(Nc1ccccc1)N[C@@H]1CCCC[C@@H]1C(=O)N1CC[C@@H]2[C@H](C3CC3)Nc3ccccc3[C@@H]21. The number of carbonyl (C=O) groups is 2. The number of amides is 3. The van der Waals surface area contributed by atoms with Crippen molar-refractivity contribution in [3.05, 3.63) is 60.2 Å². The minimum absolute atomic E-state index is 0.125. The Kier molecular flexibility index (Phi) is 5.67. The Morgan fingerprint density at radius 3 is 2.47 bits per heavy atom. The first-order valence-corrected chi connectivity index (χ1v) is 13.0. The van der Waals surface area contributed by atoms with Gasteiger partial charge in [0.05, 0.1) is 12.0 Å². The third kappa shape index (κ3) is 4.04. The molecule has 178 valence electrons. The van der Waals surface area contributed by atoms with Crippen molar-refractivity contribution in [1.29, 1.82) is 0 Å². The van der Waals surface area contributed by atoms with Crippen LogP contribution in [0.15, 0.2) is 54.6 Å². The van der Waals surface area contributed by atoms with Gasteiger partial charge in [-0.1, -0.05) is 49.2 Å². The van der Waals surface area contributed by atoms with Crippen molar-refractivity contribution in [3.8, 4) is 0 Å². The topological polar surface area (TPSA) is 73.5 Å². The maximum Gasteiger partial charge on any atom is 0.319 e. The number of fused-ring (bicyclic) bond motifs is 3. The molecule has 0 aromatic heterocycles. The van der Waals surface area contributed by atoms with Crippen LogP contribution in [0.4, 0.5) is 16.2 Å². The van der Waals surface area contributed by atoms with Crippen LogP contribution in [0.5, 0.6) is 0 Å². The van der Waals surface area contributed by atoms with Crippen molar-refractivity contribution in [2.75, 3.05) is 17.2 Å². The Hall–Kier alpha value is -3.02. The molecule has 6 heteroatoms. The van der Waals surface area contributed by atoms with Crippen LogP contribution in [0.2, 0.25) is 0 Å². The number of nitrogens with one attached hydrogen (secondary N) is 3. The van der Waals surface area contributed by atoms with Crippen molar-refractivity contribution < 1.29 is 9.59 Å². The molecule has 2 heterocycles. The van der Waals surface area contributed by atoms with Crippen molar-refractivity contribution in [1.82, 2.24) is 10.2 Å². The van der Waals surface area contributed by atoms with E-state index in [2.05, 4.69) is 45.1 Å². The highest BCUT2D eigenvalue weighted by Gasteiger charge is 2.51. The first kappa shape index (κ1) is 21.5. The Labute approximate surface area is 201 Å². The van der Waals surface area contributed by atoms with E-state index in [-0.39, 0.29) is 29.9 Å². The molecule has 2 aliphatic heterocycles. The molecule has 2 saturated carbocycles. The van der Waals surface area contributed by atoms with Crippen LogP contribution in [-0.2, 0) is 4.79 Å². The average molecular weight is 459 g/mol. The van der Waals surface area contributed by atoms with Crippen LogP contribution in [0, 0.1) is 17.8 Å². The molecule has 3 N–H and O–H groups in total. The highest BCUT2D eigenvalue weighted by atomic mass is 16.2. The molecule has 2 aliphatic carbocycles. The highest BCUT2D eigenvalue weighted by Crippen LogP contribution is 2.52. The van der Waals surface area contributed by atoms with Gasteiger partial charge in [-0.2, -0.15) is 0 Å². The van der Waals surface area contributed by atoms with Crippen LogP contribution >= 0.6 is 0 Å². The molecule has 6 rings (SSSR count). The van der Waals surface area contributed by atoms with Crippen molar-refractivity contribution in [2.45, 2.75) is 63.1 Å². The molecule has 0 unspecified atom stereocenters. The monoisotopic (exact) mass is 458 g/mol. The largest absolute Gasteiger partial charge is 0.381 e. The highest BCUT2D eigenvalue weighted by molar-refractivity contribution is 5.90. The summed E-state index contributed by atoms with van der Waals surface area (Å²) in [6.07, 6.45) is 7.42. The van der Waals surface area contributed by atoms with Gasteiger partial charge in [-0.3, -0.25) is 4.79 Å². The Balaban J connectivity index is 1.21. The zero-order chi connectivity index (χ0) is 23.1. The number of benzene rings is 2. The van der Waals surface area contributed by atoms with Crippen LogP contribution in [-0.4, -0.2) is 35.5 Å². The Morgan fingerprint density at radius 1 is 0.882 bits per heavy atom. The molecule has 4 aliphatic rings. The number of likely N-dealkylation sites (tertiary alicyclic amines) is 1. The number of hydrogen-bond donors (Lipinski definition) is 3. The number of anilines is 2. The molecule has 3 fully saturated rings. The first-order valence-electron chi connectivity index (χ1n) is 13.0. The lowest BCUT2D eigenvalue weighted by atomic mass is 9.80. The number of urea groups is 1. The van der Waals surface area contributed by atoms with E-state index in [9.17, 15) is 9.59 Å². The van der Waals surface area contributed by atoms with Gasteiger partial charge in [0, 0.05) is 35.9 Å². The van der Waals surface area contributed by atoms with Gasteiger partial charge in [0.2, 0.25) is 5.91 Å². The van der Waals surface area contributed by atoms with Gasteiger partial charge in [0.15, 0.2) is 0 Å². The summed E-state index contributed by atoms with van der Waals surface area (Å²) in [4.78, 5) is 28.9. The fourth-order valence-electron chi connectivity index (χ4n) is 6.60. The number of carbonyl (C=O) groups excluding carboxylic acids is 2. The molecule has 2 aromatic carbocycles. The maximum atomic E-state index is 14.0. The fraction of sp³-hybridized carbons (Fsp3) is 0.500. The summed E-state index contributed by atoms with van der Waals surface area (Å²) in [6.45, 7) is 0.812. The number of hydrogen-bond acceptors (Lipinski definition) is 3. The van der Waals surface area contributed by atoms with Crippen molar-refractivity contribution in [3.63, 3.8) is 0 Å². The van der Waals surface area contributed by atoms with E-state index in [1.54, 1.807) is 0 Å². The van der Waals surface area contributed by atoms with Crippen LogP contribution < -0.4 is 16.0 Å². The molecule has 1 saturated heterocycles. The zero-order valence-electron chi connectivity index (χ0n) is 19.6. The molecule has 0 spiro atoms. The second-order valence-corrected chi connectivity index (χ2v) is 10.5. The van der Waals surface area contributed by atoms with Gasteiger partial charge in [0.25, 0.3) is 0 Å². The number of para-hydroxylation sites is 2. The normalized spacial score (nSPS) is 30.0. The van der Waals surface area contributed by atoms with Gasteiger partial charge in [-0.15, -0.1) is 0 Å². The summed E-state index contributed by atoms with van der Waals surface area (Å²) in [7, 11) is 0. The molecular weight excluding hydrogens is 424 g/mol. The van der Waals surface area contributed by atoms with Gasteiger partial charge < -0.3 is 20.9 Å². The van der Waals surface area contributed by atoms with E-state index in [0.29, 0.717) is 12.0 Å². The molecular formula is C28H34N4O2. The second-order valence-electron chi connectivity index (χ2n) is 10.5. The second kappa shape index (κ2) is 8.97. The third-order valence-electron chi connectivity index (χ3n) is 8.35. The summed E-state index contributed by atoms with van der Waals surface area (Å²) >= 11 is 0. The maximum absolute atomic E-state index is 14.0. The first-order chi connectivity index (χ1) is 16.7. The van der Waals surface area contributed by atoms with Crippen LogP contribution in [0.3, 0.4) is 0 Å². The Morgan fingerprint density at radius 2 is 1.65 bits per heavy atom. The smallest absolute Gasteiger partial charge is 0.319 e. The van der Waals surface area contributed by atoms with E-state index in [4.69, 9.17) is 0 Å². The predicted molar refractivity (Wildman–Crippen MR) is 133 cm³/mol. The van der Waals surface area contributed by atoms with E-state index in [1.165, 1.54) is 24.1 Å². The van der Waals surface area contributed by atoms with E-state index in [0.717, 1.165) is 50.3 Å². The lowest BCUT2D eigenvalue weighted by Crippen LogP contribution is -2.51. The summed E-state index contributed by atoms with van der Waals surface area (Å²) < 4.78 is 0. The standard InChI is InChI=1S/C28H34N4O2/c33-27(21-11-5-7-13-24(21)31-28(34)29-19-8-2-1-3-9-19)32-17-16-22-25(18-14-15-18)30-23-12-6-4-10-20(23)26(22)32/h1-4,6,8-10,12,18,21-22,24-26,30H,5,7,11,13-17H2,(H2,29,31,34)/t21-,22+,24+,25-,26-/m0/s1. The van der Waals surface area contributed by atoms with Gasteiger partial charge in [0.1, 0.15) is 0 Å². The predicted octanol–water partition coefficient (Wildman–Crippen LogP) is 5.16. The summed E-state index contributed by atoms with van der Waals surface area (Å²) in [6, 6.07) is 18.3. The lowest BCUT2D eigenvalue weighted by molar-refractivity contribution is -0.138. The Bertz CT molecular complexity index is 1050. The van der Waals surface area contributed by atoms with E-state index >= 15 is 0 Å². The van der Waals surface area contributed by atoms with Gasteiger partial charge >= 0.3 is 6.03 Å². The molecule has 6 nitrogen and oxygen atoms in total. The molecule has 5 atom stereocenters. The average Bonchev–Trinajstić information content (AvgIpc) is 3.61. The van der Waals surface area contributed by atoms with E-state index in [1.807, 2.05) is 30.3 Å². The number of nitrogens with zero attached hydrogens (tertiary/aromatic N) is 1. The minimum atomic E-state index is -0.226. The molecule has 0 bridgehead atoms. The minimum Gasteiger partial charge on any atom is -0.381 e. The molecule has 34 heavy (non-hydrogen) atoms. The zero-order valence-corrected chi connectivity index (χ0v) is 19.6. The third-order valence-corrected chi connectivity index (χ3v) is 8.35. The van der Waals surface area contributed by atoms with Crippen molar-refractivity contribution in [2.24, 2.45) is 17.8 Å². The number of rotatable bonds is 4. The lowest BCUT2D eigenvalue weighted by Gasteiger charge is -2.42. The van der Waals surface area contributed by atoms with Gasteiger partial charge in [-0.25, -0.2) is 4.79 Å². The molecule has 0 radical (unpaired) electrons. The van der Waals surface area contributed by atoms with Crippen LogP contribution in [0.1, 0.15) is 56.6 Å². The molecule has 2 aromatic rings. The summed E-state index contributed by atoms with van der Waals surface area (Å²) in [5.41, 5.74) is 3.22. The van der Waals surface area contributed by atoms with Crippen molar-refractivity contribution >= 4 is 23.3 Å². The van der Waals surface area contributed by atoms with Crippen LogP contribution in [0.25, 0.3) is 0 Å².